The van der Waals surface area contributed by atoms with Crippen LogP contribution in [0.1, 0.15) is 38.5 Å². The monoisotopic (exact) mass is 251 g/mol. The Hall–Kier alpha value is -0.120. The molecule has 0 aromatic heterocycles. The maximum absolute atomic E-state index is 3.58. The average Bonchev–Trinajstić information content (AvgIpc) is 3.12. The molecule has 104 valence electrons. The minimum Gasteiger partial charge on any atom is -0.315 e. The lowest BCUT2D eigenvalue weighted by Crippen LogP contribution is -2.52. The zero-order valence-corrected chi connectivity index (χ0v) is 11.9. The van der Waals surface area contributed by atoms with Crippen LogP contribution < -0.4 is 5.32 Å². The summed E-state index contributed by atoms with van der Waals surface area (Å²) < 4.78 is 0. The quantitative estimate of drug-likeness (QED) is 0.800. The first-order valence-electron chi connectivity index (χ1n) is 8.00. The van der Waals surface area contributed by atoms with Gasteiger partial charge in [0.25, 0.3) is 0 Å². The van der Waals surface area contributed by atoms with Crippen molar-refractivity contribution in [3.8, 4) is 0 Å². The molecule has 3 fully saturated rings. The summed E-state index contributed by atoms with van der Waals surface area (Å²) in [4.78, 5) is 5.40. The standard InChI is InChI=1S/C15H29N3/c1-16-15(13-4-2-3-5-13)12-17-8-10-18(11-9-17)14-6-7-14/h13-16H,2-12H2,1H3. The molecule has 2 saturated carbocycles. The molecule has 1 N–H and O–H groups in total. The summed E-state index contributed by atoms with van der Waals surface area (Å²) >= 11 is 0. The molecule has 2 aliphatic carbocycles. The first-order valence-corrected chi connectivity index (χ1v) is 8.00. The molecule has 3 aliphatic rings. The third-order valence-electron chi connectivity index (χ3n) is 5.26. The van der Waals surface area contributed by atoms with Crippen LogP contribution in [-0.2, 0) is 0 Å². The lowest BCUT2D eigenvalue weighted by atomic mass is 9.97. The normalized spacial score (nSPS) is 29.8. The second kappa shape index (κ2) is 5.89. The van der Waals surface area contributed by atoms with Crippen LogP contribution in [0.25, 0.3) is 0 Å². The van der Waals surface area contributed by atoms with Crippen molar-refractivity contribution < 1.29 is 0 Å². The first-order chi connectivity index (χ1) is 8.86. The first kappa shape index (κ1) is 12.9. The van der Waals surface area contributed by atoms with Crippen LogP contribution in [0.5, 0.6) is 0 Å². The highest BCUT2D eigenvalue weighted by molar-refractivity contribution is 4.89. The number of hydrogen-bond donors (Lipinski definition) is 1. The molecule has 1 saturated heterocycles. The molecule has 3 rings (SSSR count). The van der Waals surface area contributed by atoms with E-state index in [2.05, 4.69) is 22.2 Å². The molecule has 0 spiro atoms. The van der Waals surface area contributed by atoms with Crippen molar-refractivity contribution in [3.05, 3.63) is 0 Å². The van der Waals surface area contributed by atoms with Crippen LogP contribution in [-0.4, -0.2) is 61.7 Å². The minimum atomic E-state index is 0.736. The van der Waals surface area contributed by atoms with E-state index in [-0.39, 0.29) is 0 Å². The molecule has 18 heavy (non-hydrogen) atoms. The van der Waals surface area contributed by atoms with Crippen molar-refractivity contribution in [2.75, 3.05) is 39.8 Å². The van der Waals surface area contributed by atoms with E-state index < -0.39 is 0 Å². The Morgan fingerprint density at radius 1 is 1.00 bits per heavy atom. The summed E-state index contributed by atoms with van der Waals surface area (Å²) in [6.07, 6.45) is 8.74. The van der Waals surface area contributed by atoms with E-state index in [1.165, 1.54) is 71.2 Å². The van der Waals surface area contributed by atoms with Crippen LogP contribution in [0.15, 0.2) is 0 Å². The van der Waals surface area contributed by atoms with Crippen LogP contribution in [0.3, 0.4) is 0 Å². The molecule has 0 aromatic carbocycles. The van der Waals surface area contributed by atoms with Crippen molar-refractivity contribution in [2.24, 2.45) is 5.92 Å². The lowest BCUT2D eigenvalue weighted by molar-refractivity contribution is 0.110. The molecule has 1 atom stereocenters. The van der Waals surface area contributed by atoms with Crippen molar-refractivity contribution in [2.45, 2.75) is 50.6 Å². The number of nitrogens with one attached hydrogen (secondary N) is 1. The number of piperazine rings is 1. The molecular weight excluding hydrogens is 222 g/mol. The van der Waals surface area contributed by atoms with Crippen LogP contribution >= 0.6 is 0 Å². The molecule has 1 aliphatic heterocycles. The summed E-state index contributed by atoms with van der Waals surface area (Å²) in [6.45, 7) is 6.49. The maximum Gasteiger partial charge on any atom is 0.0220 e. The zero-order chi connectivity index (χ0) is 12.4. The SMILES string of the molecule is CNC(CN1CCN(C2CC2)CC1)C1CCCC1. The van der Waals surface area contributed by atoms with E-state index in [0.717, 1.165) is 18.0 Å². The highest BCUT2D eigenvalue weighted by Crippen LogP contribution is 2.29. The number of likely N-dealkylation sites (N-methyl/N-ethyl adjacent to an activating group) is 1. The predicted octanol–water partition coefficient (Wildman–Crippen LogP) is 1.54. The molecule has 0 aromatic rings. The van der Waals surface area contributed by atoms with E-state index in [1.807, 2.05) is 0 Å². The van der Waals surface area contributed by atoms with Gasteiger partial charge in [0.15, 0.2) is 0 Å². The van der Waals surface area contributed by atoms with Gasteiger partial charge in [0, 0.05) is 44.8 Å². The van der Waals surface area contributed by atoms with Crippen molar-refractivity contribution >= 4 is 0 Å². The van der Waals surface area contributed by atoms with Crippen LogP contribution in [0, 0.1) is 5.92 Å². The van der Waals surface area contributed by atoms with Gasteiger partial charge in [0.1, 0.15) is 0 Å². The Bertz CT molecular complexity index is 250. The van der Waals surface area contributed by atoms with Gasteiger partial charge >= 0.3 is 0 Å². The smallest absolute Gasteiger partial charge is 0.0220 e. The van der Waals surface area contributed by atoms with Gasteiger partial charge in [-0.15, -0.1) is 0 Å². The highest BCUT2D eigenvalue weighted by atomic mass is 15.3. The Morgan fingerprint density at radius 2 is 1.67 bits per heavy atom. The molecule has 0 radical (unpaired) electrons. The van der Waals surface area contributed by atoms with E-state index in [9.17, 15) is 0 Å². The van der Waals surface area contributed by atoms with Crippen molar-refractivity contribution in [3.63, 3.8) is 0 Å². The van der Waals surface area contributed by atoms with Gasteiger partial charge < -0.3 is 5.32 Å². The molecule has 3 heteroatoms. The fourth-order valence-electron chi connectivity index (χ4n) is 3.86. The summed E-state index contributed by atoms with van der Waals surface area (Å²) in [7, 11) is 2.16. The molecule has 1 unspecified atom stereocenters. The Kier molecular flexibility index (Phi) is 4.22. The largest absolute Gasteiger partial charge is 0.315 e. The van der Waals surface area contributed by atoms with Gasteiger partial charge in [0.05, 0.1) is 0 Å². The van der Waals surface area contributed by atoms with Crippen molar-refractivity contribution in [1.29, 1.82) is 0 Å². The van der Waals surface area contributed by atoms with E-state index >= 15 is 0 Å². The van der Waals surface area contributed by atoms with Gasteiger partial charge in [-0.3, -0.25) is 9.80 Å². The molecule has 3 nitrogen and oxygen atoms in total. The van der Waals surface area contributed by atoms with Crippen molar-refractivity contribution in [1.82, 2.24) is 15.1 Å². The Balaban J connectivity index is 1.43. The maximum atomic E-state index is 3.58. The topological polar surface area (TPSA) is 18.5 Å². The van der Waals surface area contributed by atoms with Gasteiger partial charge in [-0.1, -0.05) is 12.8 Å². The third-order valence-corrected chi connectivity index (χ3v) is 5.26. The molecule has 0 bridgehead atoms. The Labute approximate surface area is 112 Å². The molecular formula is C15H29N3. The highest BCUT2D eigenvalue weighted by Gasteiger charge is 2.32. The number of hydrogen-bond acceptors (Lipinski definition) is 3. The number of rotatable bonds is 5. The van der Waals surface area contributed by atoms with Gasteiger partial charge in [-0.25, -0.2) is 0 Å². The number of nitrogens with zero attached hydrogens (tertiary/aromatic N) is 2. The molecule has 1 heterocycles. The second-order valence-corrected chi connectivity index (χ2v) is 6.51. The lowest BCUT2D eigenvalue weighted by Gasteiger charge is -2.37. The third kappa shape index (κ3) is 3.06. The minimum absolute atomic E-state index is 0.736. The van der Waals surface area contributed by atoms with E-state index in [4.69, 9.17) is 0 Å². The molecule has 0 amide bonds. The van der Waals surface area contributed by atoms with Crippen LogP contribution in [0.2, 0.25) is 0 Å². The zero-order valence-electron chi connectivity index (χ0n) is 11.9. The van der Waals surface area contributed by atoms with Gasteiger partial charge in [-0.05, 0) is 38.6 Å². The van der Waals surface area contributed by atoms with Gasteiger partial charge in [0.2, 0.25) is 0 Å². The van der Waals surface area contributed by atoms with E-state index in [0.29, 0.717) is 0 Å². The predicted molar refractivity (Wildman–Crippen MR) is 75.8 cm³/mol. The van der Waals surface area contributed by atoms with E-state index in [1.54, 1.807) is 0 Å². The summed E-state index contributed by atoms with van der Waals surface area (Å²) in [5.74, 6) is 0.941. The summed E-state index contributed by atoms with van der Waals surface area (Å²) in [6, 6.07) is 1.70. The summed E-state index contributed by atoms with van der Waals surface area (Å²) in [5.41, 5.74) is 0. The van der Waals surface area contributed by atoms with Crippen LogP contribution in [0.4, 0.5) is 0 Å². The second-order valence-electron chi connectivity index (χ2n) is 6.51. The van der Waals surface area contributed by atoms with Gasteiger partial charge in [-0.2, -0.15) is 0 Å². The fourth-order valence-corrected chi connectivity index (χ4v) is 3.86. The summed E-state index contributed by atoms with van der Waals surface area (Å²) in [5, 5.41) is 3.58. The average molecular weight is 251 g/mol. The Morgan fingerprint density at radius 3 is 2.22 bits per heavy atom. The fraction of sp³-hybridized carbons (Fsp3) is 1.00.